The van der Waals surface area contributed by atoms with Crippen molar-refractivity contribution >= 4 is 29.6 Å². The van der Waals surface area contributed by atoms with E-state index in [0.29, 0.717) is 11.4 Å². The Morgan fingerprint density at radius 2 is 1.59 bits per heavy atom. The van der Waals surface area contributed by atoms with E-state index >= 15 is 0 Å². The van der Waals surface area contributed by atoms with Crippen LogP contribution in [0.5, 0.6) is 0 Å². The molecule has 3 rings (SSSR count). The number of carbonyl (C=O) groups excluding carboxylic acids is 5. The number of carbonyl (C=O) groups is 5. The summed E-state index contributed by atoms with van der Waals surface area (Å²) in [6.07, 6.45) is 2.13. The number of nitrogens with zero attached hydrogens (tertiary/aromatic N) is 2. The summed E-state index contributed by atoms with van der Waals surface area (Å²) in [4.78, 5) is 72.4. The zero-order chi connectivity index (χ0) is 28.5. The molecule has 1 aliphatic rings. The smallest absolute Gasteiger partial charge is 0.408 e. The average molecular weight is 539 g/mol. The van der Waals surface area contributed by atoms with Crippen molar-refractivity contribution in [2.45, 2.75) is 65.4 Å². The fourth-order valence-electron chi connectivity index (χ4n) is 3.94. The lowest BCUT2D eigenvalue weighted by Gasteiger charge is -2.28. The van der Waals surface area contributed by atoms with Gasteiger partial charge in [0.2, 0.25) is 17.6 Å². The third-order valence-electron chi connectivity index (χ3n) is 6.12. The summed E-state index contributed by atoms with van der Waals surface area (Å²) < 4.78 is 5.24. The number of hydrogen-bond acceptors (Lipinski definition) is 8. The van der Waals surface area contributed by atoms with Gasteiger partial charge in [0.25, 0.3) is 5.91 Å². The van der Waals surface area contributed by atoms with Gasteiger partial charge in [-0.15, -0.1) is 0 Å². The van der Waals surface area contributed by atoms with E-state index in [1.54, 1.807) is 39.8 Å². The van der Waals surface area contributed by atoms with Crippen LogP contribution in [0, 0.1) is 11.8 Å². The van der Waals surface area contributed by atoms with E-state index in [9.17, 15) is 24.0 Å². The minimum Gasteiger partial charge on any atom is -0.445 e. The molecule has 2 bridgehead atoms. The van der Waals surface area contributed by atoms with Crippen LogP contribution in [-0.2, 0) is 43.5 Å². The maximum Gasteiger partial charge on any atom is 0.408 e. The van der Waals surface area contributed by atoms with Gasteiger partial charge in [0, 0.05) is 12.6 Å². The maximum atomic E-state index is 13.3. The molecule has 12 nitrogen and oxygen atoms in total. The van der Waals surface area contributed by atoms with Gasteiger partial charge < -0.3 is 26.0 Å². The van der Waals surface area contributed by atoms with Gasteiger partial charge in [0.05, 0.1) is 24.1 Å². The van der Waals surface area contributed by atoms with Gasteiger partial charge in [-0.25, -0.2) is 4.79 Å². The van der Waals surface area contributed by atoms with Gasteiger partial charge in [-0.05, 0) is 17.4 Å². The molecular formula is C27H34N6O6. The number of ketones is 1. The van der Waals surface area contributed by atoms with Crippen molar-refractivity contribution < 1.29 is 28.7 Å². The van der Waals surface area contributed by atoms with Crippen LogP contribution in [0.15, 0.2) is 42.7 Å². The first-order valence-electron chi connectivity index (χ1n) is 12.7. The highest BCUT2D eigenvalue weighted by Crippen LogP contribution is 2.10. The lowest BCUT2D eigenvalue weighted by Crippen LogP contribution is -2.59. The molecule has 3 unspecified atom stereocenters. The quantitative estimate of drug-likeness (QED) is 0.340. The van der Waals surface area contributed by atoms with Crippen LogP contribution >= 0.6 is 0 Å². The van der Waals surface area contributed by atoms with E-state index in [1.807, 2.05) is 18.2 Å². The van der Waals surface area contributed by atoms with Crippen LogP contribution in [0.3, 0.4) is 0 Å². The summed E-state index contributed by atoms with van der Waals surface area (Å²) in [7, 11) is 0. The SMILES string of the molecule is CC(C)C(NC(=O)OCc1ccccc1)C(=O)NC(C(=O)NC1Cc2cncc(n2)CNC(=O)C1=O)C(C)C. The molecule has 0 saturated heterocycles. The first-order chi connectivity index (χ1) is 18.5. The Morgan fingerprint density at radius 1 is 0.949 bits per heavy atom. The van der Waals surface area contributed by atoms with Crippen molar-refractivity contribution in [2.24, 2.45) is 11.8 Å². The number of hydrogen-bond donors (Lipinski definition) is 4. The molecule has 4 N–H and O–H groups in total. The molecule has 3 atom stereocenters. The molecule has 0 saturated carbocycles. The van der Waals surface area contributed by atoms with Gasteiger partial charge in [0.15, 0.2) is 0 Å². The predicted octanol–water partition coefficient (Wildman–Crippen LogP) is 0.795. The van der Waals surface area contributed by atoms with Crippen molar-refractivity contribution in [3.63, 3.8) is 0 Å². The summed E-state index contributed by atoms with van der Waals surface area (Å²) in [6.45, 7) is 7.01. The summed E-state index contributed by atoms with van der Waals surface area (Å²) in [6, 6.07) is 5.85. The van der Waals surface area contributed by atoms with Gasteiger partial charge in [0.1, 0.15) is 24.7 Å². The Labute approximate surface area is 226 Å². The number of amides is 4. The second kappa shape index (κ2) is 13.4. The third-order valence-corrected chi connectivity index (χ3v) is 6.12. The summed E-state index contributed by atoms with van der Waals surface area (Å²) >= 11 is 0. The number of fused-ring (bicyclic) bond motifs is 2. The third kappa shape index (κ3) is 8.32. The molecule has 4 amide bonds. The maximum absolute atomic E-state index is 13.3. The van der Waals surface area contributed by atoms with Crippen LogP contribution in [0.1, 0.15) is 44.6 Å². The van der Waals surface area contributed by atoms with E-state index in [4.69, 9.17) is 4.74 Å². The number of nitrogens with one attached hydrogen (secondary N) is 4. The van der Waals surface area contributed by atoms with Crippen LogP contribution in [0.25, 0.3) is 0 Å². The number of rotatable bonds is 9. The topological polar surface area (TPSA) is 168 Å². The molecule has 39 heavy (non-hydrogen) atoms. The lowest BCUT2D eigenvalue weighted by molar-refractivity contribution is -0.140. The summed E-state index contributed by atoms with van der Waals surface area (Å²) in [5, 5.41) is 10.3. The van der Waals surface area contributed by atoms with E-state index in [2.05, 4.69) is 31.2 Å². The van der Waals surface area contributed by atoms with E-state index in [-0.39, 0.29) is 31.4 Å². The molecule has 1 aromatic heterocycles. The molecule has 0 aliphatic carbocycles. The Morgan fingerprint density at radius 3 is 2.26 bits per heavy atom. The number of Topliss-reactive ketones (excluding diaryl/α,β-unsaturated/α-hetero) is 1. The highest BCUT2D eigenvalue weighted by Gasteiger charge is 2.34. The van der Waals surface area contributed by atoms with Gasteiger partial charge in [-0.3, -0.25) is 29.1 Å². The molecule has 208 valence electrons. The van der Waals surface area contributed by atoms with Gasteiger partial charge in [-0.1, -0.05) is 58.0 Å². The van der Waals surface area contributed by atoms with Crippen molar-refractivity contribution in [1.29, 1.82) is 0 Å². The van der Waals surface area contributed by atoms with E-state index in [0.717, 1.165) is 5.56 Å². The molecule has 1 aromatic carbocycles. The predicted molar refractivity (Wildman–Crippen MR) is 140 cm³/mol. The molecule has 2 aromatic rings. The van der Waals surface area contributed by atoms with Gasteiger partial charge >= 0.3 is 6.09 Å². The normalized spacial score (nSPS) is 16.7. The number of ether oxygens (including phenoxy) is 1. The number of aromatic nitrogens is 2. The van der Waals surface area contributed by atoms with Crippen molar-refractivity contribution in [3.8, 4) is 0 Å². The standard InChI is InChI=1S/C27H34N6O6/c1-15(2)21(24(35)31-20-10-18-11-28-12-19(30-18)13-29-26(37)23(20)34)32-25(36)22(16(3)4)33-27(38)39-14-17-8-6-5-7-9-17/h5-9,11-12,15-16,20-22H,10,13-14H2,1-4H3,(H,29,37)(H,31,35)(H,32,36)(H,33,38). The molecule has 0 fully saturated rings. The molecule has 0 spiro atoms. The molecule has 12 heteroatoms. The first-order valence-corrected chi connectivity index (χ1v) is 12.7. The highest BCUT2D eigenvalue weighted by atomic mass is 16.5. The Bertz CT molecular complexity index is 1200. The minimum atomic E-state index is -1.20. The largest absolute Gasteiger partial charge is 0.445 e. The van der Waals surface area contributed by atoms with Crippen LogP contribution in [-0.4, -0.2) is 57.7 Å². The van der Waals surface area contributed by atoms with Crippen LogP contribution < -0.4 is 21.3 Å². The monoisotopic (exact) mass is 538 g/mol. The zero-order valence-corrected chi connectivity index (χ0v) is 22.4. The summed E-state index contributed by atoms with van der Waals surface area (Å²) in [5.74, 6) is -3.63. The first kappa shape index (κ1) is 29.2. The molecule has 0 radical (unpaired) electrons. The van der Waals surface area contributed by atoms with Crippen LogP contribution in [0.2, 0.25) is 0 Å². The fourth-order valence-corrected chi connectivity index (χ4v) is 3.94. The Balaban J connectivity index is 1.67. The van der Waals surface area contributed by atoms with E-state index in [1.165, 1.54) is 12.4 Å². The average Bonchev–Trinajstić information content (AvgIpc) is 2.94. The molecule has 1 aliphatic heterocycles. The van der Waals surface area contributed by atoms with E-state index < -0.39 is 47.7 Å². The zero-order valence-electron chi connectivity index (χ0n) is 22.4. The Hall–Kier alpha value is -4.35. The van der Waals surface area contributed by atoms with Crippen LogP contribution in [0.4, 0.5) is 4.79 Å². The van der Waals surface area contributed by atoms with Gasteiger partial charge in [-0.2, -0.15) is 0 Å². The number of benzene rings is 1. The Kier molecular flexibility index (Phi) is 10.1. The number of alkyl carbamates (subject to hydrolysis) is 1. The highest BCUT2D eigenvalue weighted by molar-refractivity contribution is 6.38. The molecule has 2 heterocycles. The fraction of sp³-hybridized carbons (Fsp3) is 0.444. The second-order valence-electron chi connectivity index (χ2n) is 9.97. The lowest BCUT2D eigenvalue weighted by atomic mass is 9.98. The van der Waals surface area contributed by atoms with Crippen molar-refractivity contribution in [3.05, 3.63) is 59.7 Å². The van der Waals surface area contributed by atoms with Crippen molar-refractivity contribution in [1.82, 2.24) is 31.2 Å². The minimum absolute atomic E-state index is 0.0341. The second-order valence-corrected chi connectivity index (χ2v) is 9.97. The molecular weight excluding hydrogens is 504 g/mol. The summed E-state index contributed by atoms with van der Waals surface area (Å²) in [5.41, 5.74) is 1.72. The van der Waals surface area contributed by atoms with Crippen molar-refractivity contribution in [2.75, 3.05) is 0 Å².